The zero-order chi connectivity index (χ0) is 7.56. The van der Waals surface area contributed by atoms with E-state index in [1.54, 1.807) is 0 Å². The minimum absolute atomic E-state index is 0.161. The standard InChI is InChI=1S/C6H4INO2/c7-5-1-4(3-9)2-8-6(5)10/h1-3H,(H,8,10). The first-order valence-corrected chi connectivity index (χ1v) is 3.65. The summed E-state index contributed by atoms with van der Waals surface area (Å²) >= 11 is 1.87. The molecule has 0 aliphatic carbocycles. The summed E-state index contributed by atoms with van der Waals surface area (Å²) < 4.78 is 0.530. The molecule has 52 valence electrons. The van der Waals surface area contributed by atoms with Gasteiger partial charge < -0.3 is 4.98 Å². The largest absolute Gasteiger partial charge is 0.327 e. The Balaban J connectivity index is 3.29. The molecule has 0 bridgehead atoms. The first-order chi connectivity index (χ1) is 4.74. The number of nitrogens with one attached hydrogen (secondary N) is 1. The van der Waals surface area contributed by atoms with Crippen LogP contribution in [0.25, 0.3) is 0 Å². The molecule has 0 aromatic carbocycles. The summed E-state index contributed by atoms with van der Waals surface area (Å²) in [6.07, 6.45) is 2.08. The molecule has 0 radical (unpaired) electrons. The quantitative estimate of drug-likeness (QED) is 0.591. The van der Waals surface area contributed by atoms with Gasteiger partial charge in [0.2, 0.25) is 0 Å². The highest BCUT2D eigenvalue weighted by Gasteiger charge is 1.94. The number of H-pyrrole nitrogens is 1. The lowest BCUT2D eigenvalue weighted by Crippen LogP contribution is -2.08. The number of hydrogen-bond acceptors (Lipinski definition) is 2. The summed E-state index contributed by atoms with van der Waals surface area (Å²) in [5.41, 5.74) is 0.329. The Morgan fingerprint density at radius 3 is 2.80 bits per heavy atom. The Hall–Kier alpha value is -0.650. The Bertz CT molecular complexity index is 305. The molecule has 4 heteroatoms. The molecule has 0 aliphatic rings. The molecule has 0 amide bonds. The maximum absolute atomic E-state index is 10.7. The van der Waals surface area contributed by atoms with Crippen molar-refractivity contribution in [2.75, 3.05) is 0 Å². The van der Waals surface area contributed by atoms with Gasteiger partial charge in [0.1, 0.15) is 0 Å². The fourth-order valence-corrected chi connectivity index (χ4v) is 1.05. The average molecular weight is 249 g/mol. The predicted octanol–water partition coefficient (Wildman–Crippen LogP) is 0.792. The number of halogens is 1. The van der Waals surface area contributed by atoms with Crippen molar-refractivity contribution >= 4 is 28.9 Å². The molecule has 10 heavy (non-hydrogen) atoms. The number of rotatable bonds is 1. The van der Waals surface area contributed by atoms with Crippen LogP contribution in [0.4, 0.5) is 0 Å². The van der Waals surface area contributed by atoms with Crippen LogP contribution in [0.5, 0.6) is 0 Å². The Morgan fingerprint density at radius 2 is 2.30 bits per heavy atom. The van der Waals surface area contributed by atoms with Gasteiger partial charge in [-0.3, -0.25) is 9.59 Å². The first kappa shape index (κ1) is 7.46. The maximum atomic E-state index is 10.7. The molecule has 3 nitrogen and oxygen atoms in total. The summed E-state index contributed by atoms with van der Waals surface area (Å²) in [6, 6.07) is 1.53. The topological polar surface area (TPSA) is 49.9 Å². The smallest absolute Gasteiger partial charge is 0.261 e. The fourth-order valence-electron chi connectivity index (χ4n) is 0.539. The second-order valence-electron chi connectivity index (χ2n) is 1.73. The van der Waals surface area contributed by atoms with Crippen molar-refractivity contribution < 1.29 is 4.79 Å². The van der Waals surface area contributed by atoms with Crippen molar-refractivity contribution in [2.45, 2.75) is 0 Å². The van der Waals surface area contributed by atoms with Crippen LogP contribution in [0.3, 0.4) is 0 Å². The zero-order valence-electron chi connectivity index (χ0n) is 4.93. The van der Waals surface area contributed by atoms with Gasteiger partial charge in [-0.05, 0) is 28.7 Å². The van der Waals surface area contributed by atoms with E-state index in [-0.39, 0.29) is 5.56 Å². The lowest BCUT2D eigenvalue weighted by molar-refractivity contribution is 0.112. The van der Waals surface area contributed by atoms with E-state index >= 15 is 0 Å². The van der Waals surface area contributed by atoms with Crippen molar-refractivity contribution in [3.8, 4) is 0 Å². The average Bonchev–Trinajstić information content (AvgIpc) is 1.95. The molecular weight excluding hydrogens is 245 g/mol. The molecule has 0 unspecified atom stereocenters. The molecule has 1 N–H and O–H groups in total. The van der Waals surface area contributed by atoms with Crippen LogP contribution in [0, 0.1) is 3.57 Å². The lowest BCUT2D eigenvalue weighted by atomic mass is 10.3. The van der Waals surface area contributed by atoms with Crippen molar-refractivity contribution in [3.63, 3.8) is 0 Å². The molecule has 0 spiro atoms. The monoisotopic (exact) mass is 249 g/mol. The highest BCUT2D eigenvalue weighted by atomic mass is 127. The molecule has 0 fully saturated rings. The van der Waals surface area contributed by atoms with Crippen LogP contribution < -0.4 is 5.56 Å². The van der Waals surface area contributed by atoms with Crippen molar-refractivity contribution in [1.29, 1.82) is 0 Å². The number of aldehydes is 1. The molecule has 1 heterocycles. The van der Waals surface area contributed by atoms with Crippen LogP contribution in [0.15, 0.2) is 17.1 Å². The lowest BCUT2D eigenvalue weighted by Gasteiger charge is -1.88. The third-order valence-corrected chi connectivity index (χ3v) is 1.82. The van der Waals surface area contributed by atoms with Crippen molar-refractivity contribution in [3.05, 3.63) is 31.8 Å². The summed E-state index contributed by atoms with van der Waals surface area (Å²) in [4.78, 5) is 23.3. The molecule has 0 aliphatic heterocycles. The second-order valence-corrected chi connectivity index (χ2v) is 2.89. The summed E-state index contributed by atoms with van der Waals surface area (Å²) in [5, 5.41) is 0. The van der Waals surface area contributed by atoms with E-state index in [9.17, 15) is 9.59 Å². The van der Waals surface area contributed by atoms with Crippen LogP contribution in [-0.2, 0) is 0 Å². The van der Waals surface area contributed by atoms with E-state index in [1.807, 2.05) is 22.6 Å². The minimum atomic E-state index is -0.161. The van der Waals surface area contributed by atoms with Crippen LogP contribution >= 0.6 is 22.6 Å². The van der Waals surface area contributed by atoms with Gasteiger partial charge in [0.05, 0.1) is 3.57 Å². The van der Waals surface area contributed by atoms with Gasteiger partial charge in [-0.25, -0.2) is 0 Å². The SMILES string of the molecule is O=Cc1c[nH]c(=O)c(I)c1. The summed E-state index contributed by atoms with van der Waals surface area (Å²) in [7, 11) is 0. The van der Waals surface area contributed by atoms with Crippen LogP contribution in [0.1, 0.15) is 10.4 Å². The summed E-state index contributed by atoms with van der Waals surface area (Å²) in [6.45, 7) is 0. The van der Waals surface area contributed by atoms with Crippen molar-refractivity contribution in [1.82, 2.24) is 4.98 Å². The van der Waals surface area contributed by atoms with Crippen LogP contribution in [-0.4, -0.2) is 11.3 Å². The normalized spacial score (nSPS) is 9.30. The zero-order valence-corrected chi connectivity index (χ0v) is 7.08. The van der Waals surface area contributed by atoms with E-state index in [4.69, 9.17) is 0 Å². The van der Waals surface area contributed by atoms with Crippen LogP contribution in [0.2, 0.25) is 0 Å². The number of carbonyl (C=O) groups is 1. The number of aromatic nitrogens is 1. The number of pyridine rings is 1. The Labute approximate surface area is 70.6 Å². The Morgan fingerprint density at radius 1 is 1.60 bits per heavy atom. The number of aromatic amines is 1. The molecule has 1 aromatic rings. The van der Waals surface area contributed by atoms with Gasteiger partial charge in [0.15, 0.2) is 6.29 Å². The van der Waals surface area contributed by atoms with Gasteiger partial charge in [0.25, 0.3) is 5.56 Å². The van der Waals surface area contributed by atoms with E-state index < -0.39 is 0 Å². The highest BCUT2D eigenvalue weighted by molar-refractivity contribution is 14.1. The predicted molar refractivity (Wildman–Crippen MR) is 45.2 cm³/mol. The van der Waals surface area contributed by atoms with Gasteiger partial charge in [0, 0.05) is 11.8 Å². The molecule has 0 saturated carbocycles. The molecule has 0 atom stereocenters. The highest BCUT2D eigenvalue weighted by Crippen LogP contribution is 1.97. The van der Waals surface area contributed by atoms with E-state index in [0.717, 1.165) is 0 Å². The number of hydrogen-bond donors (Lipinski definition) is 1. The third kappa shape index (κ3) is 1.44. The minimum Gasteiger partial charge on any atom is -0.327 e. The second kappa shape index (κ2) is 2.96. The molecule has 1 rings (SSSR count). The van der Waals surface area contributed by atoms with Gasteiger partial charge in [-0.1, -0.05) is 0 Å². The Kier molecular flexibility index (Phi) is 2.21. The fraction of sp³-hybridized carbons (Fsp3) is 0. The van der Waals surface area contributed by atoms with E-state index in [1.165, 1.54) is 12.3 Å². The molecule has 1 aromatic heterocycles. The molecule has 0 saturated heterocycles. The third-order valence-electron chi connectivity index (χ3n) is 1.02. The van der Waals surface area contributed by atoms with E-state index in [2.05, 4.69) is 4.98 Å². The van der Waals surface area contributed by atoms with Gasteiger partial charge >= 0.3 is 0 Å². The van der Waals surface area contributed by atoms with E-state index in [0.29, 0.717) is 15.4 Å². The number of carbonyl (C=O) groups excluding carboxylic acids is 1. The maximum Gasteiger partial charge on any atom is 0.261 e. The first-order valence-electron chi connectivity index (χ1n) is 2.57. The molecular formula is C6H4INO2. The van der Waals surface area contributed by atoms with Gasteiger partial charge in [-0.15, -0.1) is 0 Å². The van der Waals surface area contributed by atoms with Gasteiger partial charge in [-0.2, -0.15) is 0 Å². The summed E-state index contributed by atoms with van der Waals surface area (Å²) in [5.74, 6) is 0. The van der Waals surface area contributed by atoms with Crippen molar-refractivity contribution in [2.24, 2.45) is 0 Å².